The molecule has 0 bridgehead atoms. The fourth-order valence-electron chi connectivity index (χ4n) is 3.35. The predicted octanol–water partition coefficient (Wildman–Crippen LogP) is 1.41. The van der Waals surface area contributed by atoms with Gasteiger partial charge in [0.1, 0.15) is 5.54 Å². The van der Waals surface area contributed by atoms with Crippen molar-refractivity contribution >= 4 is 5.91 Å². The minimum absolute atomic E-state index is 0.0914. The van der Waals surface area contributed by atoms with Gasteiger partial charge in [0, 0.05) is 19.4 Å². The maximum Gasteiger partial charge on any atom is 0.223 e. The fraction of sp³-hybridized carbons (Fsp3) is 0.786. The van der Waals surface area contributed by atoms with E-state index in [-0.39, 0.29) is 5.91 Å². The van der Waals surface area contributed by atoms with E-state index in [9.17, 15) is 4.79 Å². The zero-order valence-corrected chi connectivity index (χ0v) is 11.9. The number of carbonyl (C=O) groups excluding carboxylic acids is 1. The van der Waals surface area contributed by atoms with Gasteiger partial charge in [-0.15, -0.1) is 0 Å². The third-order valence-electron chi connectivity index (χ3n) is 4.39. The summed E-state index contributed by atoms with van der Waals surface area (Å²) in [5, 5.41) is 10.6. The van der Waals surface area contributed by atoms with Crippen molar-refractivity contribution in [3.63, 3.8) is 0 Å². The Morgan fingerprint density at radius 3 is 2.85 bits per heavy atom. The van der Waals surface area contributed by atoms with Crippen molar-refractivity contribution in [1.29, 1.82) is 0 Å². The molecule has 1 aromatic rings. The Morgan fingerprint density at radius 1 is 1.45 bits per heavy atom. The largest absolute Gasteiger partial charge is 0.343 e. The van der Waals surface area contributed by atoms with E-state index in [0.717, 1.165) is 45.1 Å². The average Bonchev–Trinajstić information content (AvgIpc) is 3.11. The lowest BCUT2D eigenvalue weighted by molar-refractivity contribution is -0.123. The van der Waals surface area contributed by atoms with Crippen molar-refractivity contribution in [3.8, 4) is 0 Å². The number of aromatic nitrogens is 2. The molecule has 2 N–H and O–H groups in total. The molecule has 1 saturated carbocycles. The van der Waals surface area contributed by atoms with Crippen LogP contribution in [-0.2, 0) is 10.3 Å². The van der Waals surface area contributed by atoms with E-state index in [1.165, 1.54) is 0 Å². The zero-order valence-electron chi connectivity index (χ0n) is 11.9. The van der Waals surface area contributed by atoms with Crippen LogP contribution in [-0.4, -0.2) is 28.6 Å². The summed E-state index contributed by atoms with van der Waals surface area (Å²) in [6.07, 6.45) is 6.77. The summed E-state index contributed by atoms with van der Waals surface area (Å²) in [5.41, 5.74) is -0.409. The molecule has 2 heterocycles. The van der Waals surface area contributed by atoms with Crippen molar-refractivity contribution in [3.05, 3.63) is 11.7 Å². The topological polar surface area (TPSA) is 80.0 Å². The van der Waals surface area contributed by atoms with Crippen LogP contribution in [0.3, 0.4) is 0 Å². The van der Waals surface area contributed by atoms with E-state index < -0.39 is 5.54 Å². The quantitative estimate of drug-likeness (QED) is 0.870. The number of nitrogens with zero attached hydrogens (tertiary/aromatic N) is 2. The molecule has 2 fully saturated rings. The van der Waals surface area contributed by atoms with Crippen LogP contribution in [0, 0.1) is 6.92 Å². The summed E-state index contributed by atoms with van der Waals surface area (Å²) in [5.74, 6) is 1.28. The molecule has 2 aliphatic rings. The molecule has 6 heteroatoms. The van der Waals surface area contributed by atoms with Crippen LogP contribution >= 0.6 is 0 Å². The first kappa shape index (κ1) is 13.5. The number of hydrogen-bond donors (Lipinski definition) is 2. The van der Waals surface area contributed by atoms with E-state index in [1.54, 1.807) is 6.92 Å². The molecule has 0 spiro atoms. The normalized spacial score (nSPS) is 24.9. The monoisotopic (exact) mass is 278 g/mol. The minimum atomic E-state index is -0.409. The SMILES string of the molecule is Cc1nc(C2(NC(=O)CC3CCCN3)CCCC2)no1. The van der Waals surface area contributed by atoms with Gasteiger partial charge in [-0.05, 0) is 32.2 Å². The molecule has 1 aliphatic heterocycles. The van der Waals surface area contributed by atoms with Gasteiger partial charge in [0.25, 0.3) is 0 Å². The standard InChI is InChI=1S/C14H22N4O2/c1-10-16-13(18-20-10)14(6-2-3-7-14)17-12(19)9-11-5-4-8-15-11/h11,15H,2-9H2,1H3,(H,17,19). The Balaban J connectivity index is 1.69. The van der Waals surface area contributed by atoms with Gasteiger partial charge in [-0.2, -0.15) is 4.98 Å². The molecule has 1 aromatic heterocycles. The lowest BCUT2D eigenvalue weighted by atomic mass is 9.96. The molecule has 3 rings (SSSR count). The van der Waals surface area contributed by atoms with Crippen LogP contribution < -0.4 is 10.6 Å². The highest BCUT2D eigenvalue weighted by Gasteiger charge is 2.41. The highest BCUT2D eigenvalue weighted by molar-refractivity contribution is 5.77. The Morgan fingerprint density at radius 2 is 2.25 bits per heavy atom. The van der Waals surface area contributed by atoms with E-state index in [2.05, 4.69) is 20.8 Å². The molecule has 20 heavy (non-hydrogen) atoms. The molecule has 6 nitrogen and oxygen atoms in total. The summed E-state index contributed by atoms with van der Waals surface area (Å²) in [4.78, 5) is 16.6. The molecule has 1 aliphatic carbocycles. The van der Waals surface area contributed by atoms with Crippen LogP contribution in [0.4, 0.5) is 0 Å². The summed E-state index contributed by atoms with van der Waals surface area (Å²) >= 11 is 0. The summed E-state index contributed by atoms with van der Waals surface area (Å²) < 4.78 is 5.09. The van der Waals surface area contributed by atoms with Crippen LogP contribution in [0.2, 0.25) is 0 Å². The molecule has 1 unspecified atom stereocenters. The van der Waals surface area contributed by atoms with Gasteiger partial charge < -0.3 is 15.2 Å². The van der Waals surface area contributed by atoms with Gasteiger partial charge in [0.2, 0.25) is 11.8 Å². The Labute approximate surface area is 118 Å². The Hall–Kier alpha value is -1.43. The van der Waals surface area contributed by atoms with E-state index in [1.807, 2.05) is 0 Å². The number of nitrogens with one attached hydrogen (secondary N) is 2. The molecule has 110 valence electrons. The maximum atomic E-state index is 12.3. The van der Waals surface area contributed by atoms with Gasteiger partial charge in [0.05, 0.1) is 0 Å². The molecule has 1 saturated heterocycles. The fourth-order valence-corrected chi connectivity index (χ4v) is 3.35. The van der Waals surface area contributed by atoms with E-state index >= 15 is 0 Å². The summed E-state index contributed by atoms with van der Waals surface area (Å²) in [7, 11) is 0. The second-order valence-corrected chi connectivity index (χ2v) is 5.97. The lowest BCUT2D eigenvalue weighted by Crippen LogP contribution is -2.46. The summed E-state index contributed by atoms with van der Waals surface area (Å²) in [6.45, 7) is 2.80. The van der Waals surface area contributed by atoms with Gasteiger partial charge >= 0.3 is 0 Å². The molecule has 0 radical (unpaired) electrons. The first-order chi connectivity index (χ1) is 9.68. The average molecular weight is 278 g/mol. The van der Waals surface area contributed by atoms with Crippen molar-refractivity contribution in [1.82, 2.24) is 20.8 Å². The lowest BCUT2D eigenvalue weighted by Gasteiger charge is -2.27. The summed E-state index contributed by atoms with van der Waals surface area (Å²) in [6, 6.07) is 0.320. The van der Waals surface area contributed by atoms with Crippen LogP contribution in [0.5, 0.6) is 0 Å². The first-order valence-electron chi connectivity index (χ1n) is 7.53. The zero-order chi connectivity index (χ0) is 14.0. The Bertz CT molecular complexity index is 473. The van der Waals surface area contributed by atoms with Crippen LogP contribution in [0.25, 0.3) is 0 Å². The van der Waals surface area contributed by atoms with Gasteiger partial charge in [-0.3, -0.25) is 4.79 Å². The van der Waals surface area contributed by atoms with Crippen molar-refractivity contribution in [2.45, 2.75) is 63.5 Å². The van der Waals surface area contributed by atoms with Crippen molar-refractivity contribution in [2.24, 2.45) is 0 Å². The third kappa shape index (κ3) is 2.70. The van der Waals surface area contributed by atoms with Crippen LogP contribution in [0.15, 0.2) is 4.52 Å². The number of amides is 1. The van der Waals surface area contributed by atoms with Crippen LogP contribution in [0.1, 0.15) is 56.7 Å². The van der Waals surface area contributed by atoms with E-state index in [4.69, 9.17) is 4.52 Å². The molecule has 1 amide bonds. The number of aryl methyl sites for hydroxylation is 1. The van der Waals surface area contributed by atoms with Gasteiger partial charge in [0.15, 0.2) is 5.82 Å². The molecular formula is C14H22N4O2. The first-order valence-corrected chi connectivity index (χ1v) is 7.53. The predicted molar refractivity (Wildman–Crippen MR) is 73.0 cm³/mol. The minimum Gasteiger partial charge on any atom is -0.343 e. The van der Waals surface area contributed by atoms with E-state index in [0.29, 0.717) is 24.2 Å². The number of rotatable bonds is 4. The number of carbonyl (C=O) groups is 1. The Kier molecular flexibility index (Phi) is 3.74. The second-order valence-electron chi connectivity index (χ2n) is 5.97. The highest BCUT2D eigenvalue weighted by atomic mass is 16.5. The molecule has 1 atom stereocenters. The third-order valence-corrected chi connectivity index (χ3v) is 4.39. The van der Waals surface area contributed by atoms with Gasteiger partial charge in [-0.25, -0.2) is 0 Å². The molecular weight excluding hydrogens is 256 g/mol. The second kappa shape index (κ2) is 5.52. The maximum absolute atomic E-state index is 12.3. The van der Waals surface area contributed by atoms with Crippen molar-refractivity contribution < 1.29 is 9.32 Å². The molecule has 0 aromatic carbocycles. The van der Waals surface area contributed by atoms with Gasteiger partial charge in [-0.1, -0.05) is 18.0 Å². The smallest absolute Gasteiger partial charge is 0.223 e. The number of hydrogen-bond acceptors (Lipinski definition) is 5. The van der Waals surface area contributed by atoms with Crippen molar-refractivity contribution in [2.75, 3.05) is 6.54 Å². The highest BCUT2D eigenvalue weighted by Crippen LogP contribution is 2.37.